The van der Waals surface area contributed by atoms with Crippen molar-refractivity contribution in [3.05, 3.63) is 69.9 Å². The summed E-state index contributed by atoms with van der Waals surface area (Å²) >= 11 is 1.18. The summed E-state index contributed by atoms with van der Waals surface area (Å²) in [4.78, 5) is 27.2. The monoisotopic (exact) mass is 454 g/mol. The van der Waals surface area contributed by atoms with Crippen LogP contribution in [-0.4, -0.2) is 40.6 Å². The molecule has 9 heteroatoms. The van der Waals surface area contributed by atoms with Crippen molar-refractivity contribution in [3.8, 4) is 5.75 Å². The van der Waals surface area contributed by atoms with E-state index in [0.29, 0.717) is 30.1 Å². The van der Waals surface area contributed by atoms with E-state index in [1.807, 2.05) is 29.2 Å². The summed E-state index contributed by atoms with van der Waals surface area (Å²) in [7, 11) is 1.62. The zero-order chi connectivity index (χ0) is 22.5. The lowest BCUT2D eigenvalue weighted by Gasteiger charge is -2.22. The highest BCUT2D eigenvalue weighted by molar-refractivity contribution is 7.13. The van der Waals surface area contributed by atoms with E-state index < -0.39 is 5.91 Å². The molecule has 1 aliphatic rings. The van der Waals surface area contributed by atoms with Crippen molar-refractivity contribution in [2.24, 2.45) is 0 Å². The number of anilines is 1. The number of aryl methyl sites for hydroxylation is 1. The topological polar surface area (TPSA) is 84.4 Å². The van der Waals surface area contributed by atoms with E-state index in [9.17, 15) is 14.0 Å². The van der Waals surface area contributed by atoms with Gasteiger partial charge in [0.25, 0.3) is 5.91 Å². The number of ether oxygens (including phenoxy) is 1. The average Bonchev–Trinajstić information content (AvgIpc) is 3.49. The predicted octanol–water partition coefficient (Wildman–Crippen LogP) is 4.23. The maximum atomic E-state index is 13.0. The Morgan fingerprint density at radius 2 is 1.91 bits per heavy atom. The van der Waals surface area contributed by atoms with Gasteiger partial charge in [-0.1, -0.05) is 23.5 Å². The van der Waals surface area contributed by atoms with Crippen molar-refractivity contribution in [1.82, 2.24) is 15.1 Å². The van der Waals surface area contributed by atoms with E-state index in [4.69, 9.17) is 4.74 Å². The van der Waals surface area contributed by atoms with Gasteiger partial charge >= 0.3 is 0 Å². The fourth-order valence-corrected chi connectivity index (χ4v) is 4.57. The molecular formula is C23H23FN4O3S. The molecule has 0 spiro atoms. The summed E-state index contributed by atoms with van der Waals surface area (Å²) in [5.74, 6) is 0.0703. The van der Waals surface area contributed by atoms with Crippen LogP contribution in [0.1, 0.15) is 45.7 Å². The molecule has 0 aliphatic carbocycles. The Morgan fingerprint density at radius 1 is 1.16 bits per heavy atom. The molecule has 2 aromatic carbocycles. The molecule has 4 rings (SSSR count). The number of rotatable bonds is 7. The van der Waals surface area contributed by atoms with Crippen LogP contribution < -0.4 is 10.1 Å². The molecule has 2 amide bonds. The van der Waals surface area contributed by atoms with Gasteiger partial charge in [0.15, 0.2) is 0 Å². The van der Waals surface area contributed by atoms with Gasteiger partial charge in [-0.2, -0.15) is 0 Å². The van der Waals surface area contributed by atoms with Gasteiger partial charge in [0, 0.05) is 18.7 Å². The number of halogens is 1. The maximum Gasteiger partial charge on any atom is 0.286 e. The summed E-state index contributed by atoms with van der Waals surface area (Å²) in [5.41, 5.74) is 1.55. The molecule has 1 fully saturated rings. The van der Waals surface area contributed by atoms with Crippen LogP contribution in [0, 0.1) is 5.82 Å². The number of nitrogens with zero attached hydrogens (tertiary/aromatic N) is 3. The van der Waals surface area contributed by atoms with Crippen LogP contribution in [0.25, 0.3) is 0 Å². The number of methoxy groups -OCH3 is 1. The van der Waals surface area contributed by atoms with E-state index in [1.165, 1.54) is 35.6 Å². The number of likely N-dealkylation sites (tertiary alicyclic amines) is 1. The molecule has 1 aromatic heterocycles. The first kappa shape index (κ1) is 21.9. The second-order valence-corrected chi connectivity index (χ2v) is 8.51. The number of carbonyl (C=O) groups excluding carboxylic acids is 2. The molecule has 0 saturated carbocycles. The van der Waals surface area contributed by atoms with Crippen molar-refractivity contribution in [2.45, 2.75) is 31.7 Å². The van der Waals surface area contributed by atoms with Gasteiger partial charge in [-0.3, -0.25) is 9.59 Å². The number of hydrogen-bond acceptors (Lipinski definition) is 6. The Hall–Kier alpha value is -3.33. The van der Waals surface area contributed by atoms with Crippen molar-refractivity contribution in [2.75, 3.05) is 19.0 Å². The number of amides is 2. The molecule has 0 unspecified atom stereocenters. The number of carbonyl (C=O) groups is 2. The van der Waals surface area contributed by atoms with Crippen molar-refractivity contribution in [1.29, 1.82) is 0 Å². The van der Waals surface area contributed by atoms with Crippen LogP contribution in [-0.2, 0) is 11.2 Å². The summed E-state index contributed by atoms with van der Waals surface area (Å²) in [6.07, 6.45) is 2.73. The van der Waals surface area contributed by atoms with Crippen molar-refractivity contribution >= 4 is 28.8 Å². The van der Waals surface area contributed by atoms with Crippen molar-refractivity contribution in [3.63, 3.8) is 0 Å². The fraction of sp³-hybridized carbons (Fsp3) is 0.304. The number of nitrogens with one attached hydrogen (secondary N) is 1. The van der Waals surface area contributed by atoms with Crippen LogP contribution in [0.2, 0.25) is 0 Å². The summed E-state index contributed by atoms with van der Waals surface area (Å²) in [5, 5.41) is 11.7. The lowest BCUT2D eigenvalue weighted by atomic mass is 10.1. The molecule has 1 saturated heterocycles. The largest absolute Gasteiger partial charge is 0.497 e. The van der Waals surface area contributed by atoms with Gasteiger partial charge in [-0.25, -0.2) is 4.39 Å². The first-order valence-electron chi connectivity index (χ1n) is 10.4. The lowest BCUT2D eigenvalue weighted by molar-refractivity contribution is -0.132. The summed E-state index contributed by atoms with van der Waals surface area (Å²) < 4.78 is 18.2. The zero-order valence-electron chi connectivity index (χ0n) is 17.6. The first-order chi connectivity index (χ1) is 15.5. The van der Waals surface area contributed by atoms with E-state index >= 15 is 0 Å². The number of benzene rings is 2. The molecule has 1 aliphatic heterocycles. The normalized spacial score (nSPS) is 15.6. The van der Waals surface area contributed by atoms with Gasteiger partial charge in [-0.15, -0.1) is 10.2 Å². The average molecular weight is 455 g/mol. The third-order valence-corrected chi connectivity index (χ3v) is 6.41. The standard InChI is InChI=1S/C23H23FN4O3S/c1-31-18-11-4-15(5-12-18)6-13-20(29)28-14-2-3-19(28)22-26-27-23(32-22)21(30)25-17-9-7-16(24)8-10-17/h4-5,7-12,19H,2-3,6,13-14H2,1H3,(H,25,30)/t19-/m0/s1. The second kappa shape index (κ2) is 9.86. The van der Waals surface area contributed by atoms with Crippen LogP contribution in [0.5, 0.6) is 5.75 Å². The van der Waals surface area contributed by atoms with E-state index in [1.54, 1.807) is 7.11 Å². The lowest BCUT2D eigenvalue weighted by Crippen LogP contribution is -2.30. The van der Waals surface area contributed by atoms with Crippen LogP contribution in [0.15, 0.2) is 48.5 Å². The Morgan fingerprint density at radius 3 is 2.62 bits per heavy atom. The number of aromatic nitrogens is 2. The highest BCUT2D eigenvalue weighted by Crippen LogP contribution is 2.34. The van der Waals surface area contributed by atoms with Crippen LogP contribution in [0.4, 0.5) is 10.1 Å². The van der Waals surface area contributed by atoms with Gasteiger partial charge in [0.1, 0.15) is 16.6 Å². The molecule has 0 bridgehead atoms. The molecule has 32 heavy (non-hydrogen) atoms. The molecule has 1 atom stereocenters. The predicted molar refractivity (Wildman–Crippen MR) is 119 cm³/mol. The third-order valence-electron chi connectivity index (χ3n) is 5.38. The van der Waals surface area contributed by atoms with Crippen LogP contribution >= 0.6 is 11.3 Å². The quantitative estimate of drug-likeness (QED) is 0.577. The van der Waals surface area contributed by atoms with Crippen LogP contribution in [0.3, 0.4) is 0 Å². The zero-order valence-corrected chi connectivity index (χ0v) is 18.4. The fourth-order valence-electron chi connectivity index (χ4n) is 3.69. The van der Waals surface area contributed by atoms with Gasteiger partial charge in [0.05, 0.1) is 13.2 Å². The number of hydrogen-bond donors (Lipinski definition) is 1. The third kappa shape index (κ3) is 5.11. The Bertz CT molecular complexity index is 1090. The van der Waals surface area contributed by atoms with E-state index in [-0.39, 0.29) is 22.8 Å². The Balaban J connectivity index is 1.37. The van der Waals surface area contributed by atoms with Gasteiger partial charge in [-0.05, 0) is 61.2 Å². The molecule has 7 nitrogen and oxygen atoms in total. The van der Waals surface area contributed by atoms with Gasteiger partial charge < -0.3 is 15.0 Å². The smallest absolute Gasteiger partial charge is 0.286 e. The van der Waals surface area contributed by atoms with E-state index in [2.05, 4.69) is 15.5 Å². The maximum absolute atomic E-state index is 13.0. The minimum absolute atomic E-state index is 0.0656. The van der Waals surface area contributed by atoms with Gasteiger partial charge in [0.2, 0.25) is 10.9 Å². The SMILES string of the molecule is COc1ccc(CCC(=O)N2CCC[C@H]2c2nnc(C(=O)Nc3ccc(F)cc3)s2)cc1. The second-order valence-electron chi connectivity index (χ2n) is 7.50. The molecular weight excluding hydrogens is 431 g/mol. The molecule has 1 N–H and O–H groups in total. The molecule has 0 radical (unpaired) electrons. The Labute approximate surface area is 189 Å². The summed E-state index contributed by atoms with van der Waals surface area (Å²) in [6, 6.07) is 13.0. The minimum atomic E-state index is -0.407. The molecule has 3 aromatic rings. The van der Waals surface area contributed by atoms with E-state index in [0.717, 1.165) is 24.2 Å². The Kier molecular flexibility index (Phi) is 6.75. The highest BCUT2D eigenvalue weighted by atomic mass is 32.1. The first-order valence-corrected chi connectivity index (χ1v) is 11.2. The minimum Gasteiger partial charge on any atom is -0.497 e. The van der Waals surface area contributed by atoms with Crippen molar-refractivity contribution < 1.29 is 18.7 Å². The molecule has 2 heterocycles. The molecule has 166 valence electrons. The summed E-state index contributed by atoms with van der Waals surface area (Å²) in [6.45, 7) is 0.669. The highest BCUT2D eigenvalue weighted by Gasteiger charge is 2.32.